The molecule has 2 heterocycles. The van der Waals surface area contributed by atoms with E-state index in [1.165, 1.54) is 0 Å². The van der Waals surface area contributed by atoms with E-state index in [2.05, 4.69) is 5.32 Å². The Morgan fingerprint density at radius 1 is 1.19 bits per heavy atom. The Bertz CT molecular complexity index is 651. The molecule has 2 aliphatic heterocycles. The van der Waals surface area contributed by atoms with Crippen LogP contribution in [0.1, 0.15) is 44.2 Å². The van der Waals surface area contributed by atoms with Crippen molar-refractivity contribution in [2.75, 3.05) is 33.8 Å². The van der Waals surface area contributed by atoms with E-state index in [9.17, 15) is 9.59 Å². The van der Waals surface area contributed by atoms with Gasteiger partial charge in [0.2, 0.25) is 5.91 Å². The number of carbonyl (C=O) groups is 2. The molecule has 2 fully saturated rings. The molecule has 1 atom stereocenters. The third-order valence-electron chi connectivity index (χ3n) is 5.93. The molecule has 0 aromatic heterocycles. The van der Waals surface area contributed by atoms with Crippen molar-refractivity contribution in [3.05, 3.63) is 29.8 Å². The summed E-state index contributed by atoms with van der Waals surface area (Å²) in [6.45, 7) is 4.32. The summed E-state index contributed by atoms with van der Waals surface area (Å²) in [7, 11) is 3.53. The van der Waals surface area contributed by atoms with E-state index in [0.717, 1.165) is 50.2 Å². The molecule has 0 saturated carbocycles. The standard InChI is InChI=1S/C20H29N3O3/c1-15(16-4-6-17(26-3)7-5-16)21-19(25)23-12-10-20(11-13-23)9-8-18(24)22(2)14-20/h4-7,15H,8-14H2,1-3H3,(H,21,25)/t15-/m1/s1. The number of hydrogen-bond donors (Lipinski definition) is 1. The zero-order valence-corrected chi connectivity index (χ0v) is 16.0. The van der Waals surface area contributed by atoms with Gasteiger partial charge in [-0.1, -0.05) is 12.1 Å². The maximum absolute atomic E-state index is 12.6. The summed E-state index contributed by atoms with van der Waals surface area (Å²) >= 11 is 0. The number of rotatable bonds is 3. The molecule has 0 bridgehead atoms. The summed E-state index contributed by atoms with van der Waals surface area (Å²) in [5, 5.41) is 3.09. The van der Waals surface area contributed by atoms with Gasteiger partial charge in [0, 0.05) is 33.1 Å². The Hall–Kier alpha value is -2.24. The molecule has 2 saturated heterocycles. The molecule has 1 N–H and O–H groups in total. The third kappa shape index (κ3) is 3.94. The number of piperidine rings is 2. The zero-order valence-electron chi connectivity index (χ0n) is 16.0. The van der Waals surface area contributed by atoms with Gasteiger partial charge < -0.3 is 19.9 Å². The van der Waals surface area contributed by atoms with Crippen LogP contribution in [-0.2, 0) is 4.79 Å². The molecule has 0 aliphatic carbocycles. The van der Waals surface area contributed by atoms with Crippen LogP contribution in [0, 0.1) is 5.41 Å². The van der Waals surface area contributed by atoms with Gasteiger partial charge in [0.15, 0.2) is 0 Å². The number of amides is 3. The van der Waals surface area contributed by atoms with Crippen molar-refractivity contribution in [1.82, 2.24) is 15.1 Å². The quantitative estimate of drug-likeness (QED) is 0.903. The monoisotopic (exact) mass is 359 g/mol. The average Bonchev–Trinajstić information content (AvgIpc) is 2.65. The van der Waals surface area contributed by atoms with E-state index in [-0.39, 0.29) is 23.4 Å². The molecular weight excluding hydrogens is 330 g/mol. The second-order valence-electron chi connectivity index (χ2n) is 7.68. The summed E-state index contributed by atoms with van der Waals surface area (Å²) in [4.78, 5) is 28.1. The molecule has 142 valence electrons. The largest absolute Gasteiger partial charge is 0.497 e. The van der Waals surface area contributed by atoms with E-state index in [0.29, 0.717) is 6.42 Å². The van der Waals surface area contributed by atoms with Crippen LogP contribution in [0.5, 0.6) is 5.75 Å². The molecule has 26 heavy (non-hydrogen) atoms. The van der Waals surface area contributed by atoms with Gasteiger partial charge in [-0.3, -0.25) is 4.79 Å². The fourth-order valence-electron chi connectivity index (χ4n) is 4.08. The predicted molar refractivity (Wildman–Crippen MR) is 100 cm³/mol. The van der Waals surface area contributed by atoms with Crippen LogP contribution in [-0.4, -0.2) is 55.5 Å². The summed E-state index contributed by atoms with van der Waals surface area (Å²) in [5.74, 6) is 1.05. The smallest absolute Gasteiger partial charge is 0.317 e. The molecule has 1 aromatic carbocycles. The molecule has 3 amide bonds. The third-order valence-corrected chi connectivity index (χ3v) is 5.93. The minimum absolute atomic E-state index is 0.0107. The summed E-state index contributed by atoms with van der Waals surface area (Å²) < 4.78 is 5.17. The highest BCUT2D eigenvalue weighted by molar-refractivity contribution is 5.77. The lowest BCUT2D eigenvalue weighted by Gasteiger charge is -2.46. The van der Waals surface area contributed by atoms with E-state index in [1.807, 2.05) is 48.0 Å². The van der Waals surface area contributed by atoms with E-state index in [4.69, 9.17) is 4.74 Å². The van der Waals surface area contributed by atoms with E-state index in [1.54, 1.807) is 7.11 Å². The van der Waals surface area contributed by atoms with Crippen molar-refractivity contribution < 1.29 is 14.3 Å². The van der Waals surface area contributed by atoms with Crippen molar-refractivity contribution in [2.24, 2.45) is 5.41 Å². The fraction of sp³-hybridized carbons (Fsp3) is 0.600. The number of methoxy groups -OCH3 is 1. The first-order chi connectivity index (χ1) is 12.4. The van der Waals surface area contributed by atoms with Gasteiger partial charge in [0.05, 0.1) is 13.2 Å². The van der Waals surface area contributed by atoms with Gasteiger partial charge in [-0.05, 0) is 49.3 Å². The maximum Gasteiger partial charge on any atom is 0.317 e. The lowest BCUT2D eigenvalue weighted by molar-refractivity contribution is -0.137. The molecule has 0 radical (unpaired) electrons. The Balaban J connectivity index is 1.52. The van der Waals surface area contributed by atoms with Gasteiger partial charge in [-0.15, -0.1) is 0 Å². The summed E-state index contributed by atoms with van der Waals surface area (Å²) in [6.07, 6.45) is 3.52. The van der Waals surface area contributed by atoms with Crippen LogP contribution in [0.15, 0.2) is 24.3 Å². The summed E-state index contributed by atoms with van der Waals surface area (Å²) in [6, 6.07) is 7.70. The number of benzene rings is 1. The van der Waals surface area contributed by atoms with Crippen LogP contribution < -0.4 is 10.1 Å². The molecule has 3 rings (SSSR count). The van der Waals surface area contributed by atoms with Crippen LogP contribution in [0.4, 0.5) is 4.79 Å². The summed E-state index contributed by atoms with van der Waals surface area (Å²) in [5.41, 5.74) is 1.25. The van der Waals surface area contributed by atoms with Crippen LogP contribution in [0.2, 0.25) is 0 Å². The maximum atomic E-state index is 12.6. The number of hydrogen-bond acceptors (Lipinski definition) is 3. The van der Waals surface area contributed by atoms with E-state index < -0.39 is 0 Å². The predicted octanol–water partition coefficient (Wildman–Crippen LogP) is 2.80. The Kier molecular flexibility index (Phi) is 5.39. The SMILES string of the molecule is COc1ccc([C@@H](C)NC(=O)N2CCC3(CCC(=O)N(C)C3)CC2)cc1. The number of urea groups is 1. The fourth-order valence-corrected chi connectivity index (χ4v) is 4.08. The minimum Gasteiger partial charge on any atom is -0.497 e. The van der Waals surface area contributed by atoms with Crippen LogP contribution in [0.25, 0.3) is 0 Å². The number of nitrogens with one attached hydrogen (secondary N) is 1. The van der Waals surface area contributed by atoms with Crippen molar-refractivity contribution in [3.63, 3.8) is 0 Å². The zero-order chi connectivity index (χ0) is 18.7. The Morgan fingerprint density at radius 2 is 1.85 bits per heavy atom. The molecule has 1 spiro atoms. The highest BCUT2D eigenvalue weighted by Crippen LogP contribution is 2.39. The van der Waals surface area contributed by atoms with Crippen LogP contribution in [0.3, 0.4) is 0 Å². The lowest BCUT2D eigenvalue weighted by atomic mass is 9.72. The van der Waals surface area contributed by atoms with Gasteiger partial charge in [0.25, 0.3) is 0 Å². The normalized spacial score (nSPS) is 20.8. The van der Waals surface area contributed by atoms with Gasteiger partial charge in [-0.25, -0.2) is 4.79 Å². The number of likely N-dealkylation sites (tertiary alicyclic amines) is 2. The number of nitrogens with zero attached hydrogens (tertiary/aromatic N) is 2. The molecule has 2 aliphatic rings. The van der Waals surface area contributed by atoms with Crippen LogP contribution >= 0.6 is 0 Å². The van der Waals surface area contributed by atoms with Crippen molar-refractivity contribution in [3.8, 4) is 5.75 Å². The Morgan fingerprint density at radius 3 is 2.42 bits per heavy atom. The molecule has 1 aromatic rings. The first kappa shape index (κ1) is 18.5. The number of carbonyl (C=O) groups excluding carboxylic acids is 2. The van der Waals surface area contributed by atoms with Crippen molar-refractivity contribution in [2.45, 2.75) is 38.6 Å². The van der Waals surface area contributed by atoms with Crippen molar-refractivity contribution >= 4 is 11.9 Å². The van der Waals surface area contributed by atoms with Gasteiger partial charge in [-0.2, -0.15) is 0 Å². The second-order valence-corrected chi connectivity index (χ2v) is 7.68. The topological polar surface area (TPSA) is 61.9 Å². The first-order valence-corrected chi connectivity index (χ1v) is 9.36. The first-order valence-electron chi connectivity index (χ1n) is 9.36. The molecule has 6 nitrogen and oxygen atoms in total. The molecular formula is C20H29N3O3. The minimum atomic E-state index is -0.0530. The average molecular weight is 359 g/mol. The lowest BCUT2D eigenvalue weighted by Crippen LogP contribution is -2.53. The highest BCUT2D eigenvalue weighted by Gasteiger charge is 2.40. The molecule has 6 heteroatoms. The molecule has 0 unspecified atom stereocenters. The van der Waals surface area contributed by atoms with E-state index >= 15 is 0 Å². The Labute approximate surface area is 155 Å². The number of ether oxygens (including phenoxy) is 1. The van der Waals surface area contributed by atoms with Gasteiger partial charge >= 0.3 is 6.03 Å². The van der Waals surface area contributed by atoms with Crippen molar-refractivity contribution in [1.29, 1.82) is 0 Å². The second kappa shape index (κ2) is 7.56. The van der Waals surface area contributed by atoms with Gasteiger partial charge in [0.1, 0.15) is 5.75 Å². The highest BCUT2D eigenvalue weighted by atomic mass is 16.5.